The van der Waals surface area contributed by atoms with Gasteiger partial charge in [-0.05, 0) is 24.3 Å². The first-order chi connectivity index (χ1) is 9.61. The number of hydrogen-bond acceptors (Lipinski definition) is 6. The predicted octanol–water partition coefficient (Wildman–Crippen LogP) is 1.38. The Labute approximate surface area is 125 Å². The molecule has 2 heterocycles. The Morgan fingerprint density at radius 3 is 2.95 bits per heavy atom. The fourth-order valence-electron chi connectivity index (χ4n) is 1.93. The van der Waals surface area contributed by atoms with Crippen molar-refractivity contribution in [3.05, 3.63) is 21.6 Å². The summed E-state index contributed by atoms with van der Waals surface area (Å²) in [4.78, 5) is 23.2. The lowest BCUT2D eigenvalue weighted by Gasteiger charge is -2.23. The summed E-state index contributed by atoms with van der Waals surface area (Å²) in [6, 6.07) is 0.311. The van der Waals surface area contributed by atoms with Crippen LogP contribution >= 0.6 is 23.4 Å². The Hall–Kier alpha value is -1.21. The van der Waals surface area contributed by atoms with Gasteiger partial charge in [-0.3, -0.25) is 9.59 Å². The van der Waals surface area contributed by atoms with Crippen molar-refractivity contribution in [2.45, 2.75) is 25.4 Å². The molecular weight excluding hydrogens is 302 g/mol. The van der Waals surface area contributed by atoms with Crippen LogP contribution in [0.2, 0.25) is 5.02 Å². The molecule has 0 atom stereocenters. The lowest BCUT2D eigenvalue weighted by molar-refractivity contribution is -0.141. The lowest BCUT2D eigenvalue weighted by Crippen LogP contribution is -2.30. The molecule has 0 aromatic carbocycles. The molecule has 1 aliphatic rings. The Balaban J connectivity index is 2.13. The Morgan fingerprint density at radius 1 is 1.60 bits per heavy atom. The predicted molar refractivity (Wildman–Crippen MR) is 79.5 cm³/mol. The van der Waals surface area contributed by atoms with Crippen LogP contribution in [0.25, 0.3) is 0 Å². The minimum Gasteiger partial charge on any atom is -0.468 e. The van der Waals surface area contributed by atoms with Gasteiger partial charge < -0.3 is 10.1 Å². The molecule has 6 nitrogen and oxygen atoms in total. The molecule has 0 spiro atoms. The highest BCUT2D eigenvalue weighted by Gasteiger charge is 2.17. The normalized spacial score (nSPS) is 15.9. The fraction of sp³-hybridized carbons (Fsp3) is 0.583. The van der Waals surface area contributed by atoms with Crippen molar-refractivity contribution < 1.29 is 9.53 Å². The summed E-state index contributed by atoms with van der Waals surface area (Å²) in [5.74, 6) is 1.66. The molecular formula is C12H16ClN3O3S. The highest BCUT2D eigenvalue weighted by atomic mass is 35.5. The zero-order chi connectivity index (χ0) is 14.5. The van der Waals surface area contributed by atoms with E-state index in [0.29, 0.717) is 11.7 Å². The van der Waals surface area contributed by atoms with Crippen LogP contribution in [0, 0.1) is 0 Å². The topological polar surface area (TPSA) is 73.2 Å². The molecule has 110 valence electrons. The Morgan fingerprint density at radius 2 is 2.30 bits per heavy atom. The number of nitrogens with zero attached hydrogens (tertiary/aromatic N) is 2. The third-order valence-corrected chi connectivity index (χ3v) is 4.49. The van der Waals surface area contributed by atoms with Crippen molar-refractivity contribution in [3.63, 3.8) is 0 Å². The van der Waals surface area contributed by atoms with Crippen LogP contribution in [0.5, 0.6) is 0 Å². The van der Waals surface area contributed by atoms with Crippen LogP contribution < -0.4 is 10.9 Å². The molecule has 20 heavy (non-hydrogen) atoms. The van der Waals surface area contributed by atoms with Crippen LogP contribution in [0.15, 0.2) is 11.0 Å². The number of halogens is 1. The van der Waals surface area contributed by atoms with E-state index in [1.54, 1.807) is 0 Å². The molecule has 1 N–H and O–H groups in total. The second kappa shape index (κ2) is 6.99. The van der Waals surface area contributed by atoms with Gasteiger partial charge in [0.25, 0.3) is 5.56 Å². The fourth-order valence-corrected chi connectivity index (χ4v) is 3.23. The average Bonchev–Trinajstić information content (AvgIpc) is 2.48. The summed E-state index contributed by atoms with van der Waals surface area (Å²) in [7, 11) is 1.26. The number of carbonyl (C=O) groups excluding carboxylic acids is 1. The van der Waals surface area contributed by atoms with E-state index in [9.17, 15) is 9.59 Å². The van der Waals surface area contributed by atoms with Gasteiger partial charge in [-0.25, -0.2) is 4.68 Å². The summed E-state index contributed by atoms with van der Waals surface area (Å²) in [5, 5.41) is 7.25. The van der Waals surface area contributed by atoms with Gasteiger partial charge in [0, 0.05) is 6.04 Å². The van der Waals surface area contributed by atoms with Gasteiger partial charge in [0.1, 0.15) is 11.6 Å². The SMILES string of the molecule is COC(=O)Cn1ncc(NC2CCSCC2)c(Cl)c1=O. The molecule has 2 rings (SSSR count). The summed E-state index contributed by atoms with van der Waals surface area (Å²) in [5.41, 5.74) is 0.0296. The third-order valence-electron chi connectivity index (χ3n) is 3.07. The number of aromatic nitrogens is 2. The second-order valence-electron chi connectivity index (χ2n) is 4.44. The number of carbonyl (C=O) groups is 1. The van der Waals surface area contributed by atoms with E-state index in [4.69, 9.17) is 11.6 Å². The molecule has 0 aliphatic carbocycles. The first-order valence-electron chi connectivity index (χ1n) is 6.28. The van der Waals surface area contributed by atoms with Crippen LogP contribution in [-0.2, 0) is 16.1 Å². The summed E-state index contributed by atoms with van der Waals surface area (Å²) >= 11 is 7.97. The standard InChI is InChI=1S/C12H16ClN3O3S/c1-19-10(17)7-16-12(18)11(13)9(6-14-16)15-8-2-4-20-5-3-8/h6,8,15H,2-5,7H2,1H3. The summed E-state index contributed by atoms with van der Waals surface area (Å²) in [6.45, 7) is -0.241. The average molecular weight is 318 g/mol. The van der Waals surface area contributed by atoms with E-state index in [0.717, 1.165) is 29.0 Å². The van der Waals surface area contributed by atoms with Crippen molar-refractivity contribution >= 4 is 35.0 Å². The molecule has 8 heteroatoms. The highest BCUT2D eigenvalue weighted by Crippen LogP contribution is 2.23. The molecule has 0 bridgehead atoms. The molecule has 1 aliphatic heterocycles. The molecule has 0 saturated carbocycles. The van der Waals surface area contributed by atoms with E-state index in [-0.39, 0.29) is 11.6 Å². The minimum absolute atomic E-state index is 0.0575. The number of hydrogen-bond donors (Lipinski definition) is 1. The van der Waals surface area contributed by atoms with Crippen LogP contribution in [0.1, 0.15) is 12.8 Å². The van der Waals surface area contributed by atoms with Gasteiger partial charge in [0.15, 0.2) is 0 Å². The van der Waals surface area contributed by atoms with Crippen LogP contribution in [0.3, 0.4) is 0 Å². The van der Waals surface area contributed by atoms with Crippen molar-refractivity contribution in [1.29, 1.82) is 0 Å². The van der Waals surface area contributed by atoms with Gasteiger partial charge in [0.2, 0.25) is 0 Å². The Bertz CT molecular complexity index is 543. The largest absolute Gasteiger partial charge is 0.468 e. The minimum atomic E-state index is -0.541. The number of methoxy groups -OCH3 is 1. The summed E-state index contributed by atoms with van der Waals surface area (Å²) < 4.78 is 5.50. The van der Waals surface area contributed by atoms with Gasteiger partial charge in [-0.2, -0.15) is 16.9 Å². The molecule has 1 saturated heterocycles. The first kappa shape index (κ1) is 15.2. The van der Waals surface area contributed by atoms with E-state index in [1.165, 1.54) is 13.3 Å². The van der Waals surface area contributed by atoms with E-state index < -0.39 is 11.5 Å². The maximum absolute atomic E-state index is 12.0. The van der Waals surface area contributed by atoms with Crippen LogP contribution in [-0.4, -0.2) is 40.4 Å². The van der Waals surface area contributed by atoms with Crippen molar-refractivity contribution in [2.75, 3.05) is 23.9 Å². The number of ether oxygens (including phenoxy) is 1. The van der Waals surface area contributed by atoms with Crippen LogP contribution in [0.4, 0.5) is 5.69 Å². The highest BCUT2D eigenvalue weighted by molar-refractivity contribution is 7.99. The summed E-state index contributed by atoms with van der Waals surface area (Å²) in [6.07, 6.45) is 3.55. The zero-order valence-electron chi connectivity index (χ0n) is 11.1. The Kier molecular flexibility index (Phi) is 5.31. The van der Waals surface area contributed by atoms with E-state index in [1.807, 2.05) is 11.8 Å². The zero-order valence-corrected chi connectivity index (χ0v) is 12.7. The molecule has 0 unspecified atom stereocenters. The lowest BCUT2D eigenvalue weighted by atomic mass is 10.1. The van der Waals surface area contributed by atoms with Crippen molar-refractivity contribution in [3.8, 4) is 0 Å². The van der Waals surface area contributed by atoms with Gasteiger partial charge in [-0.1, -0.05) is 11.6 Å². The number of esters is 1. The molecule has 0 amide bonds. The first-order valence-corrected chi connectivity index (χ1v) is 7.82. The maximum atomic E-state index is 12.0. The molecule has 1 fully saturated rings. The van der Waals surface area contributed by atoms with Gasteiger partial charge in [-0.15, -0.1) is 0 Å². The quantitative estimate of drug-likeness (QED) is 0.846. The van der Waals surface area contributed by atoms with Crippen molar-refractivity contribution in [1.82, 2.24) is 9.78 Å². The van der Waals surface area contributed by atoms with E-state index in [2.05, 4.69) is 15.2 Å². The van der Waals surface area contributed by atoms with Crippen molar-refractivity contribution in [2.24, 2.45) is 0 Å². The van der Waals surface area contributed by atoms with Gasteiger partial charge >= 0.3 is 5.97 Å². The second-order valence-corrected chi connectivity index (χ2v) is 6.04. The number of nitrogens with one attached hydrogen (secondary N) is 1. The number of anilines is 1. The number of rotatable bonds is 4. The third kappa shape index (κ3) is 3.67. The molecule has 1 aromatic rings. The number of thioether (sulfide) groups is 1. The molecule has 1 aromatic heterocycles. The van der Waals surface area contributed by atoms with E-state index >= 15 is 0 Å². The van der Waals surface area contributed by atoms with Gasteiger partial charge in [0.05, 0.1) is 19.0 Å². The monoisotopic (exact) mass is 317 g/mol. The molecule has 0 radical (unpaired) electrons. The maximum Gasteiger partial charge on any atom is 0.327 e. The smallest absolute Gasteiger partial charge is 0.327 e.